The molecule has 0 fully saturated rings. The summed E-state index contributed by atoms with van der Waals surface area (Å²) in [6.07, 6.45) is 5.67. The number of hydrogen-bond acceptors (Lipinski definition) is 3. The smallest absolute Gasteiger partial charge is 0.509 e. The molecule has 270 valence electrons. The van der Waals surface area contributed by atoms with Gasteiger partial charge in [0.2, 0.25) is 6.71 Å². The normalized spacial score (nSPS) is 12.1. The Morgan fingerprint density at radius 2 is 1.21 bits per heavy atom. The molecule has 5 nitrogen and oxygen atoms in total. The Balaban J connectivity index is 0.00000410. The minimum atomic E-state index is -0.0468. The van der Waals surface area contributed by atoms with Crippen molar-refractivity contribution in [3.63, 3.8) is 0 Å². The molecule has 0 aliphatic carbocycles. The van der Waals surface area contributed by atoms with Gasteiger partial charge in [-0.2, -0.15) is 16.6 Å². The van der Waals surface area contributed by atoms with Crippen LogP contribution in [0, 0.1) is 39.8 Å². The maximum absolute atomic E-state index is 6.91. The van der Waals surface area contributed by atoms with E-state index in [1.165, 1.54) is 55.0 Å². The minimum absolute atomic E-state index is 0. The summed E-state index contributed by atoms with van der Waals surface area (Å²) >= 11 is 0. The van der Waals surface area contributed by atoms with Crippen LogP contribution in [0.2, 0.25) is 0 Å². The first-order chi connectivity index (χ1) is 27.0. The van der Waals surface area contributed by atoms with Crippen LogP contribution in [0.15, 0.2) is 146 Å². The molecule has 0 unspecified atom stereocenters. The van der Waals surface area contributed by atoms with E-state index in [1.54, 1.807) is 0 Å². The van der Waals surface area contributed by atoms with Crippen molar-refractivity contribution in [3.8, 4) is 23.0 Å². The number of ether oxygens (including phenoxy) is 1. The minimum Gasteiger partial charge on any atom is -0.509 e. The van der Waals surface area contributed by atoms with Gasteiger partial charge in [-0.1, -0.05) is 135 Å². The third-order valence-electron chi connectivity index (χ3n) is 11.4. The van der Waals surface area contributed by atoms with Gasteiger partial charge in [-0.25, -0.2) is 4.98 Å². The van der Waals surface area contributed by atoms with Gasteiger partial charge in [0.25, 0.3) is 0 Å². The number of rotatable bonds is 6. The number of benzene rings is 6. The van der Waals surface area contributed by atoms with Gasteiger partial charge in [0, 0.05) is 35.6 Å². The Kier molecular flexibility index (Phi) is 9.14. The molecule has 9 aromatic rings. The van der Waals surface area contributed by atoms with Gasteiger partial charge in [0.15, 0.2) is 6.71 Å². The standard InChI is InChI=1S/C48H36B2N4O.Pt/c1-31-14-11-15-32(2)46(31)49-39-19-6-7-20-40(39)50(47-33(3)16-12-17-34(47)4)48-41(49)28-36(30-44(48)53-27-13-26-52-53)55-35-23-24-38-37-18-5-8-21-42(37)54(43(38)29-35)45-22-9-10-25-51-45;/h5-28H,1-4H3;/q-2;+2. The number of hydrogen-bond donors (Lipinski definition) is 0. The van der Waals surface area contributed by atoms with E-state index >= 15 is 0 Å². The van der Waals surface area contributed by atoms with Crippen molar-refractivity contribution in [2.75, 3.05) is 0 Å². The predicted molar refractivity (Wildman–Crippen MR) is 227 cm³/mol. The summed E-state index contributed by atoms with van der Waals surface area (Å²) in [6, 6.07) is 52.4. The summed E-state index contributed by atoms with van der Waals surface area (Å²) in [5, 5.41) is 7.05. The number of aryl methyl sites for hydroxylation is 4. The van der Waals surface area contributed by atoms with E-state index in [1.807, 2.05) is 53.6 Å². The largest absolute Gasteiger partial charge is 2.00 e. The van der Waals surface area contributed by atoms with Crippen molar-refractivity contribution in [2.24, 2.45) is 0 Å². The number of pyridine rings is 1. The van der Waals surface area contributed by atoms with Gasteiger partial charge in [-0.15, -0.1) is 35.1 Å². The zero-order chi connectivity index (χ0) is 37.2. The molecule has 0 radical (unpaired) electrons. The Hall–Kier alpha value is -5.90. The van der Waals surface area contributed by atoms with E-state index < -0.39 is 0 Å². The molecule has 1 aliphatic heterocycles. The number of para-hydroxylation sites is 1. The monoisotopic (exact) mass is 901 g/mol. The van der Waals surface area contributed by atoms with E-state index in [4.69, 9.17) is 14.8 Å². The van der Waals surface area contributed by atoms with E-state index in [2.05, 4.69) is 141 Å². The second-order valence-corrected chi connectivity index (χ2v) is 14.6. The van der Waals surface area contributed by atoms with E-state index in [9.17, 15) is 0 Å². The fourth-order valence-electron chi connectivity index (χ4n) is 9.07. The van der Waals surface area contributed by atoms with Crippen LogP contribution in [-0.4, -0.2) is 32.8 Å². The maximum Gasteiger partial charge on any atom is 2.00 e. The van der Waals surface area contributed by atoms with E-state index in [0.29, 0.717) is 11.5 Å². The Bertz CT molecular complexity index is 2880. The first-order valence-electron chi connectivity index (χ1n) is 18.8. The van der Waals surface area contributed by atoms with Crippen molar-refractivity contribution in [1.29, 1.82) is 0 Å². The summed E-state index contributed by atoms with van der Waals surface area (Å²) in [5.41, 5.74) is 15.5. The molecule has 0 saturated heterocycles. The second-order valence-electron chi connectivity index (χ2n) is 14.6. The molecule has 1 aliphatic rings. The van der Waals surface area contributed by atoms with Crippen LogP contribution in [0.4, 0.5) is 0 Å². The van der Waals surface area contributed by atoms with Gasteiger partial charge in [-0.05, 0) is 63.0 Å². The average molecular weight is 902 g/mol. The molecule has 8 heteroatoms. The maximum atomic E-state index is 6.91. The third-order valence-corrected chi connectivity index (χ3v) is 11.4. The molecule has 6 aromatic carbocycles. The Morgan fingerprint density at radius 3 is 1.89 bits per heavy atom. The van der Waals surface area contributed by atoms with Crippen molar-refractivity contribution >= 4 is 68.0 Å². The summed E-state index contributed by atoms with van der Waals surface area (Å²) in [6.45, 7) is 8.83. The SMILES string of the molecule is Cc1cccc(C)c1B1c2ccccc2B(c2c(C)cccc2C)c2c(-n3cccn3)[c-]c(Oc3[c-]c4c(cc3)c3ccccc3n4-c3ccccn3)cc21.[Pt+2]. The van der Waals surface area contributed by atoms with Crippen molar-refractivity contribution in [1.82, 2.24) is 19.3 Å². The van der Waals surface area contributed by atoms with Crippen LogP contribution < -0.4 is 37.5 Å². The molecule has 0 spiro atoms. The fourth-order valence-corrected chi connectivity index (χ4v) is 9.07. The second kappa shape index (κ2) is 14.3. The fraction of sp³-hybridized carbons (Fsp3) is 0.0833. The van der Waals surface area contributed by atoms with Crippen LogP contribution in [-0.2, 0) is 21.1 Å². The molecule has 0 N–H and O–H groups in total. The summed E-state index contributed by atoms with van der Waals surface area (Å²) in [4.78, 5) is 4.72. The Morgan fingerprint density at radius 1 is 0.554 bits per heavy atom. The number of nitrogens with zero attached hydrogens (tertiary/aromatic N) is 4. The summed E-state index contributed by atoms with van der Waals surface area (Å²) < 4.78 is 11.0. The molecular weight excluding hydrogens is 865 g/mol. The average Bonchev–Trinajstić information content (AvgIpc) is 3.85. The van der Waals surface area contributed by atoms with Gasteiger partial charge in [-0.3, -0.25) is 4.68 Å². The quantitative estimate of drug-likeness (QED) is 0.145. The van der Waals surface area contributed by atoms with Gasteiger partial charge < -0.3 is 9.30 Å². The summed E-state index contributed by atoms with van der Waals surface area (Å²) in [5.74, 6) is 2.04. The number of fused-ring (bicyclic) bond motifs is 5. The third kappa shape index (κ3) is 5.76. The molecule has 0 atom stereocenters. The molecular formula is C48H36B2N4OPt. The first-order valence-corrected chi connectivity index (χ1v) is 18.8. The van der Waals surface area contributed by atoms with Gasteiger partial charge >= 0.3 is 21.1 Å². The van der Waals surface area contributed by atoms with Crippen molar-refractivity contribution in [2.45, 2.75) is 27.7 Å². The van der Waals surface area contributed by atoms with Crippen molar-refractivity contribution in [3.05, 3.63) is 180 Å². The molecule has 10 rings (SSSR count). The van der Waals surface area contributed by atoms with Crippen LogP contribution in [0.3, 0.4) is 0 Å². The summed E-state index contributed by atoms with van der Waals surface area (Å²) in [7, 11) is 0. The van der Waals surface area contributed by atoms with Crippen LogP contribution >= 0.6 is 0 Å². The predicted octanol–water partition coefficient (Wildman–Crippen LogP) is 6.33. The van der Waals surface area contributed by atoms with Crippen LogP contribution in [0.1, 0.15) is 22.3 Å². The molecule has 0 bridgehead atoms. The van der Waals surface area contributed by atoms with E-state index in [-0.39, 0.29) is 34.5 Å². The van der Waals surface area contributed by atoms with Crippen LogP contribution in [0.25, 0.3) is 33.3 Å². The van der Waals surface area contributed by atoms with Gasteiger partial charge in [0.05, 0.1) is 0 Å². The molecule has 0 amide bonds. The molecule has 4 heterocycles. The van der Waals surface area contributed by atoms with E-state index in [0.717, 1.165) is 33.3 Å². The molecule has 3 aromatic heterocycles. The molecule has 56 heavy (non-hydrogen) atoms. The number of aromatic nitrogens is 4. The van der Waals surface area contributed by atoms with Gasteiger partial charge in [0.1, 0.15) is 5.82 Å². The first kappa shape index (κ1) is 35.8. The molecule has 0 saturated carbocycles. The zero-order valence-corrected chi connectivity index (χ0v) is 33.8. The zero-order valence-electron chi connectivity index (χ0n) is 31.5. The topological polar surface area (TPSA) is 44.9 Å². The van der Waals surface area contributed by atoms with Crippen LogP contribution in [0.5, 0.6) is 11.5 Å². The van der Waals surface area contributed by atoms with Crippen molar-refractivity contribution < 1.29 is 25.8 Å². The Labute approximate surface area is 342 Å².